The summed E-state index contributed by atoms with van der Waals surface area (Å²) >= 11 is 0. The van der Waals surface area contributed by atoms with Crippen molar-refractivity contribution < 1.29 is 49.3 Å². The van der Waals surface area contributed by atoms with E-state index < -0.39 is 11.6 Å². The molecule has 5 nitrogen and oxygen atoms in total. The molecular weight excluding hydrogens is 196 g/mol. The monoisotopic (exact) mass is 204 g/mol. The molecule has 7 heteroatoms. The second kappa shape index (κ2) is 5.97. The Morgan fingerprint density at radius 3 is 1.38 bits per heavy atom. The molecule has 0 heterocycles. The van der Waals surface area contributed by atoms with Crippen LogP contribution in [0, 0.1) is 0 Å². The third kappa shape index (κ3) is 15.8. The second-order valence-electron chi connectivity index (χ2n) is 1.03. The Labute approximate surface area is 68.1 Å². The number of quaternary nitrogens is 1. The number of aliphatic hydroxyl groups excluding tert-OH is 1. The molecule has 8 heavy (non-hydrogen) atoms. The molecule has 0 aromatic carbocycles. The van der Waals surface area contributed by atoms with Crippen molar-refractivity contribution in [1.82, 2.24) is 0 Å². The fourth-order valence-electron chi connectivity index (χ4n) is 0. The maximum Gasteiger partial charge on any atom is 0.248 e. The zero-order valence-electron chi connectivity index (χ0n) is 3.96. The van der Waals surface area contributed by atoms with Gasteiger partial charge in [-0.15, -0.1) is 11.7 Å². The smallest absolute Gasteiger partial charge is 0.248 e. The van der Waals surface area contributed by atoms with E-state index in [1.807, 2.05) is 0 Å². The van der Waals surface area contributed by atoms with Crippen molar-refractivity contribution in [3.8, 4) is 0 Å². The van der Waals surface area contributed by atoms with E-state index in [9.17, 15) is 0 Å². The van der Waals surface area contributed by atoms with Gasteiger partial charge in [-0.2, -0.15) is 5.21 Å². The first-order chi connectivity index (χ1) is 2.56. The van der Waals surface area contributed by atoms with E-state index >= 15 is 0 Å². The Morgan fingerprint density at radius 2 is 1.38 bits per heavy atom. The van der Waals surface area contributed by atoms with Crippen molar-refractivity contribution in [3.05, 3.63) is 0 Å². The third-order valence-corrected chi connectivity index (χ3v) is 0.227. The van der Waals surface area contributed by atoms with Gasteiger partial charge in [-0.25, -0.2) is 0 Å². The molecule has 0 bridgehead atoms. The Bertz CT molecular complexity index is 45.0. The summed E-state index contributed by atoms with van der Waals surface area (Å²) < 4.78 is 0. The molecule has 0 amide bonds. The minimum atomic E-state index is -1.38. The number of aliphatic hydroxyl groups is 1. The van der Waals surface area contributed by atoms with Crippen LogP contribution in [0.25, 0.3) is 0 Å². The second-order valence-corrected chi connectivity index (χ2v) is 1.03. The molecule has 0 aromatic heterocycles. The summed E-state index contributed by atoms with van der Waals surface area (Å²) in [5, 5.41) is 15.9. The van der Waals surface area contributed by atoms with E-state index in [-0.39, 0.29) is 34.1 Å². The van der Waals surface area contributed by atoms with Crippen LogP contribution in [0.4, 0.5) is 0 Å². The molecule has 0 atom stereocenters. The van der Waals surface area contributed by atoms with Crippen molar-refractivity contribution in [1.29, 1.82) is 0 Å². The van der Waals surface area contributed by atoms with Gasteiger partial charge in [0.25, 0.3) is 0 Å². The number of hydrogen-bond donors (Lipinski definition) is 4. The molecule has 6 N–H and O–H groups in total. The number of hydroxylamine groups is 1. The van der Waals surface area contributed by atoms with Crippen LogP contribution in [0.1, 0.15) is 0 Å². The Balaban J connectivity index is -0.000000125. The van der Waals surface area contributed by atoms with E-state index in [1.165, 1.54) is 0 Å². The van der Waals surface area contributed by atoms with Gasteiger partial charge in [0.05, 0.1) is 0 Å². The number of rotatable bonds is 1. The average molecular weight is 204 g/mol. The van der Waals surface area contributed by atoms with E-state index in [0.717, 1.165) is 0 Å². The SMILES string of the molecule is N[N+](N)(O)CO.[Mn].[Mn]. The van der Waals surface area contributed by atoms with Crippen molar-refractivity contribution in [2.24, 2.45) is 11.7 Å². The first-order valence-corrected chi connectivity index (χ1v) is 1.35. The van der Waals surface area contributed by atoms with Gasteiger partial charge in [-0.1, -0.05) is 0 Å². The van der Waals surface area contributed by atoms with Crippen LogP contribution in [0.3, 0.4) is 0 Å². The van der Waals surface area contributed by atoms with Gasteiger partial charge in [0.2, 0.25) is 6.73 Å². The third-order valence-electron chi connectivity index (χ3n) is 0.227. The summed E-state index contributed by atoms with van der Waals surface area (Å²) in [6, 6.07) is 0. The minimum absolute atomic E-state index is 0. The Kier molecular flexibility index (Phi) is 11.9. The van der Waals surface area contributed by atoms with Crippen molar-refractivity contribution in [2.75, 3.05) is 6.73 Å². The van der Waals surface area contributed by atoms with E-state index in [0.29, 0.717) is 0 Å². The number of hydrogen-bond acceptors (Lipinski definition) is 4. The predicted octanol–water partition coefficient (Wildman–Crippen LogP) is -2.12. The zero-order chi connectivity index (χ0) is 5.21. The minimum Gasteiger partial charge on any atom is -0.342 e. The molecular formula is CH8Mn2N3O2+. The molecule has 0 aliphatic carbocycles. The molecule has 0 spiro atoms. The summed E-state index contributed by atoms with van der Waals surface area (Å²) in [5.74, 6) is 9.11. The summed E-state index contributed by atoms with van der Waals surface area (Å²) in [5.41, 5.74) is 0. The first kappa shape index (κ1) is 15.9. The summed E-state index contributed by atoms with van der Waals surface area (Å²) in [4.78, 5) is -1.38. The summed E-state index contributed by atoms with van der Waals surface area (Å²) in [6.07, 6.45) is 0. The van der Waals surface area contributed by atoms with E-state index in [1.54, 1.807) is 0 Å². The molecule has 52 valence electrons. The van der Waals surface area contributed by atoms with Crippen LogP contribution in [0.2, 0.25) is 0 Å². The molecule has 0 fully saturated rings. The van der Waals surface area contributed by atoms with Crippen LogP contribution in [0.15, 0.2) is 0 Å². The first-order valence-electron chi connectivity index (χ1n) is 1.35. The number of nitrogens with zero attached hydrogens (tertiary/aromatic N) is 1. The quantitative estimate of drug-likeness (QED) is 0.129. The largest absolute Gasteiger partial charge is 0.342 e. The van der Waals surface area contributed by atoms with Crippen LogP contribution >= 0.6 is 0 Å². The predicted molar refractivity (Wildman–Crippen MR) is 17.5 cm³/mol. The molecule has 0 saturated carbocycles. The van der Waals surface area contributed by atoms with Crippen molar-refractivity contribution in [2.45, 2.75) is 0 Å². The van der Waals surface area contributed by atoms with E-state index in [4.69, 9.17) is 10.3 Å². The van der Waals surface area contributed by atoms with Crippen LogP contribution in [0.5, 0.6) is 0 Å². The molecule has 0 saturated heterocycles. The van der Waals surface area contributed by atoms with Gasteiger partial charge in [0.15, 0.2) is 0 Å². The fraction of sp³-hybridized carbons (Fsp3) is 1.00. The fourth-order valence-corrected chi connectivity index (χ4v) is 0. The maximum atomic E-state index is 8.07. The van der Waals surface area contributed by atoms with Crippen LogP contribution in [-0.4, -0.2) is 21.9 Å². The standard InChI is InChI=1S/CH8N3O2.2Mn/c2-4(3,6)1-5;;/h5-6H,1-3H2;;/q+1;;. The Hall–Kier alpha value is 0.839. The van der Waals surface area contributed by atoms with Crippen molar-refractivity contribution in [3.63, 3.8) is 0 Å². The summed E-state index contributed by atoms with van der Waals surface area (Å²) in [7, 11) is 0. The summed E-state index contributed by atoms with van der Waals surface area (Å²) in [6.45, 7) is -0.681. The van der Waals surface area contributed by atoms with Gasteiger partial charge in [0.1, 0.15) is 0 Å². The number of nitrogens with two attached hydrogens (primary N) is 2. The maximum absolute atomic E-state index is 8.07. The molecule has 0 aliphatic heterocycles. The molecule has 0 aromatic rings. The van der Waals surface area contributed by atoms with Crippen molar-refractivity contribution >= 4 is 0 Å². The van der Waals surface area contributed by atoms with E-state index in [2.05, 4.69) is 11.7 Å². The van der Waals surface area contributed by atoms with Gasteiger partial charge in [-0.05, 0) is 4.86 Å². The molecule has 0 unspecified atom stereocenters. The average Bonchev–Trinajstić information content (AvgIpc) is 1.35. The normalized spacial score (nSPS) is 9.00. The molecule has 2 radical (unpaired) electrons. The van der Waals surface area contributed by atoms with Gasteiger partial charge < -0.3 is 5.11 Å². The van der Waals surface area contributed by atoms with Gasteiger partial charge in [-0.3, -0.25) is 0 Å². The topological polar surface area (TPSA) is 92.5 Å². The van der Waals surface area contributed by atoms with Crippen LogP contribution < -0.4 is 11.7 Å². The van der Waals surface area contributed by atoms with Crippen LogP contribution in [-0.2, 0) is 34.1 Å². The van der Waals surface area contributed by atoms with Gasteiger partial charge >= 0.3 is 0 Å². The Morgan fingerprint density at radius 1 is 1.25 bits per heavy atom. The zero-order valence-corrected chi connectivity index (χ0v) is 6.32. The van der Waals surface area contributed by atoms with Gasteiger partial charge in [0, 0.05) is 34.1 Å². The molecule has 0 aliphatic rings. The molecule has 0 rings (SSSR count).